The molecule has 0 amide bonds. The van der Waals surface area contributed by atoms with E-state index in [1.165, 1.54) is 30.6 Å². The first-order valence-corrected chi connectivity index (χ1v) is 7.85. The van der Waals surface area contributed by atoms with Gasteiger partial charge >= 0.3 is 0 Å². The zero-order valence-electron chi connectivity index (χ0n) is 12.0. The van der Waals surface area contributed by atoms with Crippen LogP contribution in [-0.4, -0.2) is 22.6 Å². The highest BCUT2D eigenvalue weighted by Gasteiger charge is 2.21. The predicted octanol–water partition coefficient (Wildman–Crippen LogP) is 1.98. The molecule has 0 saturated carbocycles. The van der Waals surface area contributed by atoms with Crippen molar-refractivity contribution in [3.8, 4) is 5.75 Å². The van der Waals surface area contributed by atoms with E-state index in [-0.39, 0.29) is 4.90 Å². The SMILES string of the molecule is COc1ccc(S(=O)(=O)N(C)c2ccc(CN)cc2)cc1. The van der Waals surface area contributed by atoms with Crippen molar-refractivity contribution in [1.82, 2.24) is 0 Å². The fraction of sp³-hybridized carbons (Fsp3) is 0.200. The maximum absolute atomic E-state index is 12.5. The Bertz CT molecular complexity index is 695. The Kier molecular flexibility index (Phi) is 4.50. The van der Waals surface area contributed by atoms with Gasteiger partial charge in [0, 0.05) is 13.6 Å². The van der Waals surface area contributed by atoms with Crippen LogP contribution >= 0.6 is 0 Å². The van der Waals surface area contributed by atoms with Crippen LogP contribution in [0.3, 0.4) is 0 Å². The van der Waals surface area contributed by atoms with E-state index in [1.54, 1.807) is 24.3 Å². The molecule has 6 heteroatoms. The second kappa shape index (κ2) is 6.15. The fourth-order valence-corrected chi connectivity index (χ4v) is 3.08. The Balaban J connectivity index is 2.32. The minimum Gasteiger partial charge on any atom is -0.497 e. The highest BCUT2D eigenvalue weighted by Crippen LogP contribution is 2.23. The van der Waals surface area contributed by atoms with Gasteiger partial charge in [0.1, 0.15) is 5.75 Å². The van der Waals surface area contributed by atoms with Crippen molar-refractivity contribution < 1.29 is 13.2 Å². The first-order chi connectivity index (χ1) is 9.98. The van der Waals surface area contributed by atoms with Gasteiger partial charge in [0.25, 0.3) is 10.0 Å². The zero-order chi connectivity index (χ0) is 15.5. The Morgan fingerprint density at radius 1 is 1.05 bits per heavy atom. The second-order valence-corrected chi connectivity index (χ2v) is 6.49. The number of ether oxygens (including phenoxy) is 1. The van der Waals surface area contributed by atoms with Crippen LogP contribution < -0.4 is 14.8 Å². The Hall–Kier alpha value is -2.05. The summed E-state index contributed by atoms with van der Waals surface area (Å²) in [6, 6.07) is 13.4. The topological polar surface area (TPSA) is 72.6 Å². The van der Waals surface area contributed by atoms with Gasteiger partial charge in [-0.3, -0.25) is 4.31 Å². The van der Waals surface area contributed by atoms with E-state index >= 15 is 0 Å². The summed E-state index contributed by atoms with van der Waals surface area (Å²) in [5.74, 6) is 0.615. The van der Waals surface area contributed by atoms with Gasteiger partial charge in [-0.25, -0.2) is 8.42 Å². The molecule has 0 spiro atoms. The third-order valence-corrected chi connectivity index (χ3v) is 5.05. The van der Waals surface area contributed by atoms with Crippen LogP contribution in [-0.2, 0) is 16.6 Å². The molecule has 0 fully saturated rings. The van der Waals surface area contributed by atoms with Crippen LogP contribution in [0.25, 0.3) is 0 Å². The molecule has 2 aromatic carbocycles. The van der Waals surface area contributed by atoms with Crippen LogP contribution in [0.5, 0.6) is 5.75 Å². The van der Waals surface area contributed by atoms with Crippen LogP contribution in [0, 0.1) is 0 Å². The third-order valence-electron chi connectivity index (χ3n) is 3.25. The van der Waals surface area contributed by atoms with Crippen molar-refractivity contribution in [2.45, 2.75) is 11.4 Å². The molecule has 112 valence electrons. The summed E-state index contributed by atoms with van der Waals surface area (Å²) in [6.07, 6.45) is 0. The van der Waals surface area contributed by atoms with E-state index in [1.807, 2.05) is 12.1 Å². The summed E-state index contributed by atoms with van der Waals surface area (Å²) in [6.45, 7) is 0.426. The molecule has 5 nitrogen and oxygen atoms in total. The highest BCUT2D eigenvalue weighted by molar-refractivity contribution is 7.92. The fourth-order valence-electron chi connectivity index (χ4n) is 1.89. The summed E-state index contributed by atoms with van der Waals surface area (Å²) >= 11 is 0. The molecule has 21 heavy (non-hydrogen) atoms. The number of hydrogen-bond acceptors (Lipinski definition) is 4. The minimum absolute atomic E-state index is 0.216. The lowest BCUT2D eigenvalue weighted by molar-refractivity contribution is 0.414. The lowest BCUT2D eigenvalue weighted by Gasteiger charge is -2.20. The maximum atomic E-state index is 12.5. The number of anilines is 1. The lowest BCUT2D eigenvalue weighted by Crippen LogP contribution is -2.26. The number of rotatable bonds is 5. The zero-order valence-corrected chi connectivity index (χ0v) is 12.8. The van der Waals surface area contributed by atoms with E-state index < -0.39 is 10.0 Å². The van der Waals surface area contributed by atoms with Crippen molar-refractivity contribution in [2.75, 3.05) is 18.5 Å². The van der Waals surface area contributed by atoms with Gasteiger partial charge in [-0.2, -0.15) is 0 Å². The average molecular weight is 306 g/mol. The van der Waals surface area contributed by atoms with Crippen molar-refractivity contribution in [3.63, 3.8) is 0 Å². The van der Waals surface area contributed by atoms with Crippen molar-refractivity contribution in [3.05, 3.63) is 54.1 Å². The summed E-state index contributed by atoms with van der Waals surface area (Å²) < 4.78 is 31.4. The molecule has 0 unspecified atom stereocenters. The van der Waals surface area contributed by atoms with Gasteiger partial charge in [-0.1, -0.05) is 12.1 Å². The van der Waals surface area contributed by atoms with E-state index in [2.05, 4.69) is 0 Å². The van der Waals surface area contributed by atoms with Crippen LogP contribution in [0.4, 0.5) is 5.69 Å². The Morgan fingerprint density at radius 3 is 2.10 bits per heavy atom. The molecule has 0 aliphatic rings. The molecular weight excluding hydrogens is 288 g/mol. The maximum Gasteiger partial charge on any atom is 0.264 e. The molecule has 2 N–H and O–H groups in total. The van der Waals surface area contributed by atoms with Gasteiger partial charge in [0.15, 0.2) is 0 Å². The Morgan fingerprint density at radius 2 is 1.62 bits per heavy atom. The van der Waals surface area contributed by atoms with E-state index in [4.69, 9.17) is 10.5 Å². The molecule has 2 rings (SSSR count). The van der Waals surface area contributed by atoms with Gasteiger partial charge in [0.2, 0.25) is 0 Å². The molecule has 0 aromatic heterocycles. The smallest absolute Gasteiger partial charge is 0.264 e. The van der Waals surface area contributed by atoms with Crippen LogP contribution in [0.1, 0.15) is 5.56 Å². The van der Waals surface area contributed by atoms with E-state index in [0.717, 1.165) is 5.56 Å². The summed E-state index contributed by atoms with van der Waals surface area (Å²) in [7, 11) is -0.529. The molecule has 0 bridgehead atoms. The lowest BCUT2D eigenvalue weighted by atomic mass is 10.2. The largest absolute Gasteiger partial charge is 0.497 e. The first kappa shape index (κ1) is 15.3. The summed E-state index contributed by atoms with van der Waals surface area (Å²) in [5.41, 5.74) is 7.08. The molecule has 0 saturated heterocycles. The highest BCUT2D eigenvalue weighted by atomic mass is 32.2. The normalized spacial score (nSPS) is 11.2. The van der Waals surface area contributed by atoms with Crippen molar-refractivity contribution in [2.24, 2.45) is 5.73 Å². The number of hydrogen-bond donors (Lipinski definition) is 1. The Labute approximate surface area is 125 Å². The number of methoxy groups -OCH3 is 1. The molecule has 0 atom stereocenters. The summed E-state index contributed by atoms with van der Waals surface area (Å²) in [5, 5.41) is 0. The van der Waals surface area contributed by atoms with E-state index in [9.17, 15) is 8.42 Å². The molecule has 0 aliphatic carbocycles. The van der Waals surface area contributed by atoms with Crippen molar-refractivity contribution >= 4 is 15.7 Å². The first-order valence-electron chi connectivity index (χ1n) is 6.41. The number of sulfonamides is 1. The number of nitrogens with two attached hydrogens (primary N) is 1. The summed E-state index contributed by atoms with van der Waals surface area (Å²) in [4.78, 5) is 0.216. The molecule has 0 aliphatic heterocycles. The quantitative estimate of drug-likeness (QED) is 0.917. The molecule has 0 heterocycles. The minimum atomic E-state index is -3.59. The standard InChI is InChI=1S/C15H18N2O3S/c1-17(13-5-3-12(11-16)4-6-13)21(18,19)15-9-7-14(20-2)8-10-15/h3-10H,11,16H2,1-2H3. The number of nitrogens with zero attached hydrogens (tertiary/aromatic N) is 1. The van der Waals surface area contributed by atoms with E-state index in [0.29, 0.717) is 18.0 Å². The monoisotopic (exact) mass is 306 g/mol. The average Bonchev–Trinajstić information content (AvgIpc) is 2.54. The van der Waals surface area contributed by atoms with Gasteiger partial charge < -0.3 is 10.5 Å². The van der Waals surface area contributed by atoms with Gasteiger partial charge in [-0.15, -0.1) is 0 Å². The molecule has 0 radical (unpaired) electrons. The molecule has 2 aromatic rings. The third kappa shape index (κ3) is 3.17. The predicted molar refractivity (Wildman–Crippen MR) is 82.9 cm³/mol. The van der Waals surface area contributed by atoms with Crippen molar-refractivity contribution in [1.29, 1.82) is 0 Å². The molecular formula is C15H18N2O3S. The van der Waals surface area contributed by atoms with Gasteiger partial charge in [0.05, 0.1) is 17.7 Å². The second-order valence-electron chi connectivity index (χ2n) is 4.52. The number of benzene rings is 2. The van der Waals surface area contributed by atoms with Gasteiger partial charge in [-0.05, 0) is 42.0 Å². The van der Waals surface area contributed by atoms with Crippen LogP contribution in [0.2, 0.25) is 0 Å². The van der Waals surface area contributed by atoms with Crippen LogP contribution in [0.15, 0.2) is 53.4 Å².